The predicted molar refractivity (Wildman–Crippen MR) is 100 cm³/mol. The van der Waals surface area contributed by atoms with E-state index in [1.807, 2.05) is 24.3 Å². The Morgan fingerprint density at radius 2 is 1.85 bits per heavy atom. The first kappa shape index (κ1) is 18.0. The van der Waals surface area contributed by atoms with Crippen LogP contribution >= 0.6 is 11.8 Å². The molecule has 1 aliphatic rings. The third-order valence-corrected chi connectivity index (χ3v) is 5.58. The summed E-state index contributed by atoms with van der Waals surface area (Å²) in [5, 5.41) is 5.11. The number of nitrogens with one attached hydrogen (secondary N) is 2. The van der Waals surface area contributed by atoms with Crippen LogP contribution in [-0.2, 0) is 14.3 Å². The molecule has 0 aromatic heterocycles. The van der Waals surface area contributed by atoms with Crippen LogP contribution in [0.25, 0.3) is 0 Å². The predicted octanol–water partition coefficient (Wildman–Crippen LogP) is 3.16. The van der Waals surface area contributed by atoms with E-state index < -0.39 is 17.1 Å². The fraction of sp³-hybridized carbons (Fsp3) is 0.211. The summed E-state index contributed by atoms with van der Waals surface area (Å²) in [6.45, 7) is 1.73. The van der Waals surface area contributed by atoms with Crippen LogP contribution in [0.2, 0.25) is 0 Å². The standard InChI is InChI=1S/C19H18N2O4S/c1-11(16-18(23)21-14-5-3-4-6-15(14)26-16)17(22)20-13-9-7-12(8-10-13)19(24)25-2/h3-11,16H,1-2H3,(H,20,22)(H,21,23). The van der Waals surface area contributed by atoms with Gasteiger partial charge in [-0.3, -0.25) is 9.59 Å². The molecular formula is C19H18N2O4S. The molecular weight excluding hydrogens is 352 g/mol. The van der Waals surface area contributed by atoms with Crippen LogP contribution in [0.15, 0.2) is 53.4 Å². The van der Waals surface area contributed by atoms with Crippen LogP contribution in [-0.4, -0.2) is 30.1 Å². The molecule has 2 amide bonds. The number of hydrogen-bond acceptors (Lipinski definition) is 5. The molecule has 1 heterocycles. The molecule has 0 saturated heterocycles. The third-order valence-electron chi connectivity index (χ3n) is 4.10. The number of carbonyl (C=O) groups excluding carboxylic acids is 3. The van der Waals surface area contributed by atoms with E-state index in [4.69, 9.17) is 0 Å². The van der Waals surface area contributed by atoms with Crippen molar-refractivity contribution in [3.63, 3.8) is 0 Å². The van der Waals surface area contributed by atoms with E-state index in [-0.39, 0.29) is 11.8 Å². The molecule has 2 aromatic carbocycles. The lowest BCUT2D eigenvalue weighted by Gasteiger charge is -2.27. The first-order valence-corrected chi connectivity index (χ1v) is 8.93. The summed E-state index contributed by atoms with van der Waals surface area (Å²) in [5.74, 6) is -1.42. The molecule has 2 atom stereocenters. The molecule has 2 aromatic rings. The minimum absolute atomic E-state index is 0.183. The highest BCUT2D eigenvalue weighted by molar-refractivity contribution is 8.01. The molecule has 6 nitrogen and oxygen atoms in total. The number of benzene rings is 2. The summed E-state index contributed by atoms with van der Waals surface area (Å²) in [4.78, 5) is 37.3. The van der Waals surface area contributed by atoms with Crippen LogP contribution in [0.3, 0.4) is 0 Å². The van der Waals surface area contributed by atoms with Crippen LogP contribution in [0.1, 0.15) is 17.3 Å². The minimum atomic E-state index is -0.534. The number of anilines is 2. The van der Waals surface area contributed by atoms with Gasteiger partial charge in [-0.1, -0.05) is 19.1 Å². The average molecular weight is 370 g/mol. The number of para-hydroxylation sites is 1. The Hall–Kier alpha value is -2.80. The molecule has 0 spiro atoms. The van der Waals surface area contributed by atoms with E-state index in [1.54, 1.807) is 31.2 Å². The van der Waals surface area contributed by atoms with Crippen molar-refractivity contribution in [1.82, 2.24) is 0 Å². The summed E-state index contributed by atoms with van der Waals surface area (Å²) < 4.78 is 4.64. The molecule has 2 unspecified atom stereocenters. The zero-order valence-corrected chi connectivity index (χ0v) is 15.1. The van der Waals surface area contributed by atoms with Crippen molar-refractivity contribution in [3.8, 4) is 0 Å². The van der Waals surface area contributed by atoms with Crippen LogP contribution in [0.4, 0.5) is 11.4 Å². The van der Waals surface area contributed by atoms with E-state index >= 15 is 0 Å². The van der Waals surface area contributed by atoms with Gasteiger partial charge in [0, 0.05) is 10.6 Å². The number of methoxy groups -OCH3 is 1. The van der Waals surface area contributed by atoms with Crippen molar-refractivity contribution < 1.29 is 19.1 Å². The van der Waals surface area contributed by atoms with Gasteiger partial charge >= 0.3 is 5.97 Å². The molecule has 134 valence electrons. The highest BCUT2D eigenvalue weighted by atomic mass is 32.2. The molecule has 26 heavy (non-hydrogen) atoms. The first-order valence-electron chi connectivity index (χ1n) is 8.05. The van der Waals surface area contributed by atoms with E-state index in [0.29, 0.717) is 11.3 Å². The Balaban J connectivity index is 1.68. The lowest BCUT2D eigenvalue weighted by Crippen LogP contribution is -2.39. The Kier molecular flexibility index (Phi) is 5.27. The van der Waals surface area contributed by atoms with E-state index in [0.717, 1.165) is 10.6 Å². The van der Waals surface area contributed by atoms with Gasteiger partial charge in [0.1, 0.15) is 0 Å². The fourth-order valence-electron chi connectivity index (χ4n) is 2.60. The molecule has 0 aliphatic carbocycles. The molecule has 0 fully saturated rings. The molecule has 0 bridgehead atoms. The lowest BCUT2D eigenvalue weighted by molar-refractivity contribution is -0.123. The molecule has 0 saturated carbocycles. The van der Waals surface area contributed by atoms with Gasteiger partial charge in [0.25, 0.3) is 0 Å². The van der Waals surface area contributed by atoms with Crippen molar-refractivity contribution in [2.75, 3.05) is 17.7 Å². The quantitative estimate of drug-likeness (QED) is 0.808. The van der Waals surface area contributed by atoms with Crippen molar-refractivity contribution in [2.45, 2.75) is 17.1 Å². The highest BCUT2D eigenvalue weighted by Crippen LogP contribution is 2.38. The largest absolute Gasteiger partial charge is 0.465 e. The second-order valence-electron chi connectivity index (χ2n) is 5.87. The van der Waals surface area contributed by atoms with Crippen molar-refractivity contribution in [1.29, 1.82) is 0 Å². The van der Waals surface area contributed by atoms with E-state index in [2.05, 4.69) is 15.4 Å². The van der Waals surface area contributed by atoms with Crippen molar-refractivity contribution >= 4 is 40.9 Å². The lowest BCUT2D eigenvalue weighted by atomic mass is 10.1. The number of ether oxygens (including phenoxy) is 1. The Morgan fingerprint density at radius 3 is 2.54 bits per heavy atom. The van der Waals surface area contributed by atoms with Gasteiger partial charge in [-0.2, -0.15) is 0 Å². The molecule has 3 rings (SSSR count). The second-order valence-corrected chi connectivity index (χ2v) is 7.05. The van der Waals surface area contributed by atoms with Gasteiger partial charge in [-0.15, -0.1) is 11.8 Å². The summed E-state index contributed by atoms with van der Waals surface area (Å²) in [7, 11) is 1.31. The van der Waals surface area contributed by atoms with Gasteiger partial charge < -0.3 is 15.4 Å². The highest BCUT2D eigenvalue weighted by Gasteiger charge is 2.35. The Bertz CT molecular complexity index is 851. The van der Waals surface area contributed by atoms with Gasteiger partial charge in [-0.25, -0.2) is 4.79 Å². The molecule has 2 N–H and O–H groups in total. The molecule has 7 heteroatoms. The topological polar surface area (TPSA) is 84.5 Å². The maximum Gasteiger partial charge on any atom is 0.337 e. The number of fused-ring (bicyclic) bond motifs is 1. The van der Waals surface area contributed by atoms with E-state index in [1.165, 1.54) is 18.9 Å². The zero-order chi connectivity index (χ0) is 18.7. The number of rotatable bonds is 4. The summed E-state index contributed by atoms with van der Waals surface area (Å²) in [6.07, 6.45) is 0. The number of esters is 1. The zero-order valence-electron chi connectivity index (χ0n) is 14.3. The first-order chi connectivity index (χ1) is 12.5. The summed E-state index contributed by atoms with van der Waals surface area (Å²) in [5.41, 5.74) is 1.72. The van der Waals surface area contributed by atoms with Gasteiger partial charge in [0.2, 0.25) is 11.8 Å². The van der Waals surface area contributed by atoms with Gasteiger partial charge in [0.15, 0.2) is 0 Å². The number of thioether (sulfide) groups is 1. The fourth-order valence-corrected chi connectivity index (χ4v) is 3.77. The van der Waals surface area contributed by atoms with Crippen LogP contribution in [0.5, 0.6) is 0 Å². The van der Waals surface area contributed by atoms with Crippen molar-refractivity contribution in [2.24, 2.45) is 5.92 Å². The van der Waals surface area contributed by atoms with Crippen LogP contribution in [0, 0.1) is 5.92 Å². The maximum atomic E-state index is 12.5. The van der Waals surface area contributed by atoms with Gasteiger partial charge in [0.05, 0.1) is 29.5 Å². The molecule has 1 aliphatic heterocycles. The van der Waals surface area contributed by atoms with Crippen molar-refractivity contribution in [3.05, 3.63) is 54.1 Å². The maximum absolute atomic E-state index is 12.5. The number of amides is 2. The SMILES string of the molecule is COC(=O)c1ccc(NC(=O)C(C)C2Sc3ccccc3NC2=O)cc1. The number of hydrogen-bond donors (Lipinski definition) is 2. The summed E-state index contributed by atoms with van der Waals surface area (Å²) in [6, 6.07) is 13.9. The van der Waals surface area contributed by atoms with E-state index in [9.17, 15) is 14.4 Å². The van der Waals surface area contributed by atoms with Crippen LogP contribution < -0.4 is 10.6 Å². The summed E-state index contributed by atoms with van der Waals surface area (Å²) >= 11 is 1.39. The van der Waals surface area contributed by atoms with Gasteiger partial charge in [-0.05, 0) is 36.4 Å². The third kappa shape index (κ3) is 3.72. The Morgan fingerprint density at radius 1 is 1.15 bits per heavy atom. The average Bonchev–Trinajstić information content (AvgIpc) is 2.66. The number of carbonyl (C=O) groups is 3. The monoisotopic (exact) mass is 370 g/mol. The second kappa shape index (κ2) is 7.61. The normalized spacial score (nSPS) is 16.8. The Labute approximate surface area is 155 Å². The smallest absolute Gasteiger partial charge is 0.337 e. The minimum Gasteiger partial charge on any atom is -0.465 e. The molecule has 0 radical (unpaired) electrons.